The Morgan fingerprint density at radius 1 is 1.38 bits per heavy atom. The fourth-order valence-corrected chi connectivity index (χ4v) is 0. The fourth-order valence-electron chi connectivity index (χ4n) is 0. The zero-order chi connectivity index (χ0) is 6.99. The highest BCUT2D eigenvalue weighted by Crippen LogP contribution is 1.83. The van der Waals surface area contributed by atoms with E-state index in [4.69, 9.17) is 10.2 Å². The van der Waals surface area contributed by atoms with Crippen LogP contribution < -0.4 is 5.73 Å². The average Bonchev–Trinajstić information content (AvgIpc) is 1.69. The highest BCUT2D eigenvalue weighted by atomic mass is 16.3. The van der Waals surface area contributed by atoms with E-state index >= 15 is 0 Å². The number of rotatable bonds is 1. The maximum absolute atomic E-state index is 8.14. The molecule has 0 aliphatic rings. The van der Waals surface area contributed by atoms with Gasteiger partial charge in [-0.25, -0.2) is 0 Å². The third-order valence-electron chi connectivity index (χ3n) is 0.365. The Labute approximate surface area is 50.1 Å². The van der Waals surface area contributed by atoms with Crippen LogP contribution in [-0.4, -0.2) is 23.6 Å². The highest BCUT2D eigenvalue weighted by Gasteiger charge is 1.81. The molecule has 0 saturated carbocycles. The molecule has 0 aromatic carbocycles. The zero-order valence-electron chi connectivity index (χ0n) is 5.46. The summed E-state index contributed by atoms with van der Waals surface area (Å²) in [6, 6.07) is 0. The van der Waals surface area contributed by atoms with Gasteiger partial charge in [-0.15, -0.1) is 0 Å². The van der Waals surface area contributed by atoms with Gasteiger partial charge in [0.25, 0.3) is 0 Å². The molecule has 0 bridgehead atoms. The first-order valence-electron chi connectivity index (χ1n) is 2.60. The van der Waals surface area contributed by atoms with E-state index in [2.05, 4.69) is 5.73 Å². The number of nitrogens with two attached hydrogens (primary N) is 1. The molecule has 52 valence electrons. The smallest absolute Gasteiger partial charge is 0.0906 e. The summed E-state index contributed by atoms with van der Waals surface area (Å²) in [7, 11) is 0. The number of aliphatic hydroxyl groups is 2. The van der Waals surface area contributed by atoms with E-state index in [0.717, 1.165) is 0 Å². The SMILES string of the molecule is CC(C)CO.NCO. The van der Waals surface area contributed by atoms with Gasteiger partial charge in [0.1, 0.15) is 0 Å². The lowest BCUT2D eigenvalue weighted by Gasteiger charge is -1.90. The molecule has 0 spiro atoms. The molecule has 0 atom stereocenters. The van der Waals surface area contributed by atoms with Crippen molar-refractivity contribution in [2.75, 3.05) is 13.3 Å². The molecule has 3 heteroatoms. The Hall–Kier alpha value is -0.120. The summed E-state index contributed by atoms with van der Waals surface area (Å²) < 4.78 is 0. The van der Waals surface area contributed by atoms with Crippen LogP contribution in [0, 0.1) is 5.92 Å². The molecule has 0 aliphatic carbocycles. The van der Waals surface area contributed by atoms with E-state index in [1.165, 1.54) is 0 Å². The predicted octanol–water partition coefficient (Wildman–Crippen LogP) is -0.470. The van der Waals surface area contributed by atoms with Crippen molar-refractivity contribution in [1.82, 2.24) is 0 Å². The minimum Gasteiger partial charge on any atom is -0.396 e. The molecule has 4 N–H and O–H groups in total. The van der Waals surface area contributed by atoms with Gasteiger partial charge in [-0.1, -0.05) is 13.8 Å². The number of aliphatic hydroxyl groups excluding tert-OH is 2. The largest absolute Gasteiger partial charge is 0.396 e. The van der Waals surface area contributed by atoms with Crippen LogP contribution in [0.4, 0.5) is 0 Å². The van der Waals surface area contributed by atoms with Gasteiger partial charge in [0, 0.05) is 6.61 Å². The van der Waals surface area contributed by atoms with Crippen LogP contribution >= 0.6 is 0 Å². The Balaban J connectivity index is 0. The summed E-state index contributed by atoms with van der Waals surface area (Å²) in [5, 5.41) is 15.5. The zero-order valence-corrected chi connectivity index (χ0v) is 5.46. The summed E-state index contributed by atoms with van der Waals surface area (Å²) in [4.78, 5) is 0. The minimum atomic E-state index is -0.250. The van der Waals surface area contributed by atoms with Gasteiger partial charge >= 0.3 is 0 Å². The molecule has 0 saturated heterocycles. The van der Waals surface area contributed by atoms with Crippen LogP contribution in [0.1, 0.15) is 13.8 Å². The lowest BCUT2D eigenvalue weighted by Crippen LogP contribution is -1.92. The summed E-state index contributed by atoms with van der Waals surface area (Å²) in [5.41, 5.74) is 4.40. The van der Waals surface area contributed by atoms with Crippen molar-refractivity contribution in [1.29, 1.82) is 0 Å². The standard InChI is InChI=1S/C4H10O.CH5NO/c1-4(2)3-5;2-1-3/h4-5H,3H2,1-2H3;3H,1-2H2. The van der Waals surface area contributed by atoms with Crippen molar-refractivity contribution in [3.05, 3.63) is 0 Å². The van der Waals surface area contributed by atoms with Crippen LogP contribution in [0.5, 0.6) is 0 Å². The molecule has 0 aromatic heterocycles. The molecule has 3 nitrogen and oxygen atoms in total. The second-order valence-electron chi connectivity index (χ2n) is 1.76. The lowest BCUT2D eigenvalue weighted by atomic mass is 10.2. The van der Waals surface area contributed by atoms with Gasteiger partial charge in [-0.3, -0.25) is 0 Å². The molecule has 0 heterocycles. The summed E-state index contributed by atoms with van der Waals surface area (Å²) >= 11 is 0. The Kier molecular flexibility index (Phi) is 13.5. The molecule has 8 heavy (non-hydrogen) atoms. The fraction of sp³-hybridized carbons (Fsp3) is 1.00. The lowest BCUT2D eigenvalue weighted by molar-refractivity contribution is 0.248. The Morgan fingerprint density at radius 3 is 1.50 bits per heavy atom. The van der Waals surface area contributed by atoms with E-state index in [-0.39, 0.29) is 6.73 Å². The van der Waals surface area contributed by atoms with Crippen molar-refractivity contribution < 1.29 is 10.2 Å². The first-order valence-corrected chi connectivity index (χ1v) is 2.60. The van der Waals surface area contributed by atoms with Gasteiger partial charge in [-0.2, -0.15) is 0 Å². The third kappa shape index (κ3) is 39.6. The second-order valence-corrected chi connectivity index (χ2v) is 1.76. The van der Waals surface area contributed by atoms with Crippen LogP contribution in [0.25, 0.3) is 0 Å². The highest BCUT2D eigenvalue weighted by molar-refractivity contribution is 4.32. The average molecular weight is 121 g/mol. The molecular weight excluding hydrogens is 106 g/mol. The van der Waals surface area contributed by atoms with E-state index in [9.17, 15) is 0 Å². The topological polar surface area (TPSA) is 66.5 Å². The molecule has 0 rings (SSSR count). The van der Waals surface area contributed by atoms with Crippen molar-refractivity contribution in [3.8, 4) is 0 Å². The van der Waals surface area contributed by atoms with Gasteiger partial charge in [0.15, 0.2) is 0 Å². The maximum atomic E-state index is 8.14. The number of hydrogen-bond acceptors (Lipinski definition) is 3. The quantitative estimate of drug-likeness (QED) is 0.411. The molecule has 0 fully saturated rings. The third-order valence-corrected chi connectivity index (χ3v) is 0.365. The Bertz CT molecular complexity index is 31.6. The van der Waals surface area contributed by atoms with Gasteiger partial charge in [0.2, 0.25) is 0 Å². The summed E-state index contributed by atoms with van der Waals surface area (Å²) in [6.45, 7) is 4.00. The molecule has 0 radical (unpaired) electrons. The van der Waals surface area contributed by atoms with Crippen LogP contribution in [-0.2, 0) is 0 Å². The van der Waals surface area contributed by atoms with Crippen LogP contribution in [0.3, 0.4) is 0 Å². The van der Waals surface area contributed by atoms with Gasteiger partial charge in [-0.05, 0) is 5.92 Å². The normalized spacial score (nSPS) is 8.25. The summed E-state index contributed by atoms with van der Waals surface area (Å²) in [5.74, 6) is 0.440. The first kappa shape index (κ1) is 10.8. The van der Waals surface area contributed by atoms with E-state index in [1.807, 2.05) is 13.8 Å². The number of hydrogen-bond donors (Lipinski definition) is 3. The first-order chi connectivity index (χ1) is 3.68. The minimum absolute atomic E-state index is 0.250. The van der Waals surface area contributed by atoms with Crippen LogP contribution in [0.2, 0.25) is 0 Å². The second kappa shape index (κ2) is 9.99. The van der Waals surface area contributed by atoms with Crippen molar-refractivity contribution in [2.45, 2.75) is 13.8 Å². The summed E-state index contributed by atoms with van der Waals surface area (Å²) in [6.07, 6.45) is 0. The van der Waals surface area contributed by atoms with Crippen molar-refractivity contribution in [3.63, 3.8) is 0 Å². The van der Waals surface area contributed by atoms with Gasteiger partial charge in [0.05, 0.1) is 6.73 Å². The molecule has 0 amide bonds. The van der Waals surface area contributed by atoms with Crippen molar-refractivity contribution in [2.24, 2.45) is 11.7 Å². The monoisotopic (exact) mass is 121 g/mol. The van der Waals surface area contributed by atoms with Crippen molar-refractivity contribution >= 4 is 0 Å². The molecule has 0 aliphatic heterocycles. The predicted molar refractivity (Wildman–Crippen MR) is 33.2 cm³/mol. The van der Waals surface area contributed by atoms with E-state index in [0.29, 0.717) is 12.5 Å². The molecular formula is C5H15NO2. The Morgan fingerprint density at radius 2 is 1.50 bits per heavy atom. The van der Waals surface area contributed by atoms with Gasteiger partial charge < -0.3 is 15.9 Å². The molecule has 0 aromatic rings. The van der Waals surface area contributed by atoms with E-state index in [1.54, 1.807) is 0 Å². The maximum Gasteiger partial charge on any atom is 0.0906 e. The van der Waals surface area contributed by atoms with Crippen LogP contribution in [0.15, 0.2) is 0 Å². The molecule has 0 unspecified atom stereocenters. The van der Waals surface area contributed by atoms with E-state index < -0.39 is 0 Å².